The third-order valence-electron chi connectivity index (χ3n) is 4.10. The molecule has 1 aliphatic rings. The topological polar surface area (TPSA) is 29.5 Å². The van der Waals surface area contributed by atoms with Crippen LogP contribution in [0.3, 0.4) is 0 Å². The van der Waals surface area contributed by atoms with Crippen LogP contribution in [0.4, 0.5) is 0 Å². The fourth-order valence-corrected chi connectivity index (χ4v) is 3.45. The molecule has 22 heavy (non-hydrogen) atoms. The van der Waals surface area contributed by atoms with E-state index in [0.717, 1.165) is 43.2 Å². The second kappa shape index (κ2) is 7.45. The molecule has 0 saturated carbocycles. The molecule has 1 saturated heterocycles. The fraction of sp³-hybridized carbons (Fsp3) is 0.389. The summed E-state index contributed by atoms with van der Waals surface area (Å²) < 4.78 is 5.82. The molecule has 0 atom stereocenters. The maximum absolute atomic E-state index is 12.3. The standard InChI is InChI=1S/C18H21NO2S/c20-18(13-17-7-4-12-22-17)19-10-8-15(9-11-19)14-21-16-5-2-1-3-6-16/h1-7,12,15H,8-11,13-14H2. The number of carbonyl (C=O) groups excluding carboxylic acids is 1. The lowest BCUT2D eigenvalue weighted by atomic mass is 9.97. The second-order valence-electron chi connectivity index (χ2n) is 5.70. The molecule has 1 aromatic heterocycles. The molecule has 1 aliphatic heterocycles. The predicted molar refractivity (Wildman–Crippen MR) is 89.3 cm³/mol. The van der Waals surface area contributed by atoms with Crippen LogP contribution >= 0.6 is 11.3 Å². The van der Waals surface area contributed by atoms with Crippen molar-refractivity contribution in [2.24, 2.45) is 5.92 Å². The maximum atomic E-state index is 12.3. The van der Waals surface area contributed by atoms with Gasteiger partial charge in [0.15, 0.2) is 0 Å². The number of thiophene rings is 1. The summed E-state index contributed by atoms with van der Waals surface area (Å²) in [5.41, 5.74) is 0. The van der Waals surface area contributed by atoms with Crippen molar-refractivity contribution >= 4 is 17.2 Å². The first kappa shape index (κ1) is 15.1. The Bertz CT molecular complexity index is 574. The molecule has 0 unspecified atom stereocenters. The number of likely N-dealkylation sites (tertiary alicyclic amines) is 1. The Kier molecular flexibility index (Phi) is 5.11. The van der Waals surface area contributed by atoms with E-state index in [2.05, 4.69) is 0 Å². The molecule has 0 aliphatic carbocycles. The summed E-state index contributed by atoms with van der Waals surface area (Å²) >= 11 is 1.65. The number of rotatable bonds is 5. The minimum Gasteiger partial charge on any atom is -0.493 e. The molecule has 0 radical (unpaired) electrons. The summed E-state index contributed by atoms with van der Waals surface area (Å²) in [6.07, 6.45) is 2.61. The van der Waals surface area contributed by atoms with Crippen molar-refractivity contribution in [1.29, 1.82) is 0 Å². The molecule has 4 heteroatoms. The van der Waals surface area contributed by atoms with Crippen molar-refractivity contribution in [3.05, 3.63) is 52.7 Å². The predicted octanol–water partition coefficient (Wildman–Crippen LogP) is 3.61. The number of piperidine rings is 1. The maximum Gasteiger partial charge on any atom is 0.227 e. The van der Waals surface area contributed by atoms with Crippen LogP contribution in [0.15, 0.2) is 47.8 Å². The van der Waals surface area contributed by atoms with E-state index in [1.807, 2.05) is 52.7 Å². The first-order chi connectivity index (χ1) is 10.8. The Labute approximate surface area is 135 Å². The summed E-state index contributed by atoms with van der Waals surface area (Å²) in [5, 5.41) is 2.02. The molecule has 1 fully saturated rings. The van der Waals surface area contributed by atoms with Gasteiger partial charge in [0.2, 0.25) is 5.91 Å². The minimum absolute atomic E-state index is 0.255. The van der Waals surface area contributed by atoms with E-state index in [0.29, 0.717) is 12.3 Å². The average Bonchev–Trinajstić information content (AvgIpc) is 3.07. The summed E-state index contributed by atoms with van der Waals surface area (Å²) in [6, 6.07) is 14.0. The van der Waals surface area contributed by atoms with Crippen molar-refractivity contribution in [2.45, 2.75) is 19.3 Å². The van der Waals surface area contributed by atoms with E-state index in [1.165, 1.54) is 0 Å². The molecular formula is C18H21NO2S. The number of carbonyl (C=O) groups is 1. The van der Waals surface area contributed by atoms with E-state index >= 15 is 0 Å². The lowest BCUT2D eigenvalue weighted by Gasteiger charge is -2.32. The van der Waals surface area contributed by atoms with Crippen LogP contribution in [0.1, 0.15) is 17.7 Å². The molecule has 1 amide bonds. The summed E-state index contributed by atoms with van der Waals surface area (Å²) in [5.74, 6) is 1.73. The van der Waals surface area contributed by atoms with Gasteiger partial charge in [-0.15, -0.1) is 11.3 Å². The molecule has 1 aromatic carbocycles. The van der Waals surface area contributed by atoms with Crippen LogP contribution in [-0.4, -0.2) is 30.5 Å². The SMILES string of the molecule is O=C(Cc1cccs1)N1CCC(COc2ccccc2)CC1. The van der Waals surface area contributed by atoms with Crippen LogP contribution in [0.2, 0.25) is 0 Å². The lowest BCUT2D eigenvalue weighted by Crippen LogP contribution is -2.40. The lowest BCUT2D eigenvalue weighted by molar-refractivity contribution is -0.131. The largest absolute Gasteiger partial charge is 0.493 e. The van der Waals surface area contributed by atoms with Crippen molar-refractivity contribution in [2.75, 3.05) is 19.7 Å². The van der Waals surface area contributed by atoms with Gasteiger partial charge in [-0.1, -0.05) is 24.3 Å². The normalized spacial score (nSPS) is 15.7. The molecule has 3 rings (SSSR count). The molecule has 0 spiro atoms. The Balaban J connectivity index is 1.41. The number of para-hydroxylation sites is 1. The first-order valence-electron chi connectivity index (χ1n) is 7.79. The number of hydrogen-bond acceptors (Lipinski definition) is 3. The molecule has 3 nitrogen and oxygen atoms in total. The highest BCUT2D eigenvalue weighted by molar-refractivity contribution is 7.10. The van der Waals surface area contributed by atoms with Gasteiger partial charge in [0.1, 0.15) is 5.75 Å². The van der Waals surface area contributed by atoms with Gasteiger partial charge in [-0.25, -0.2) is 0 Å². The monoisotopic (exact) mass is 315 g/mol. The molecule has 0 bridgehead atoms. The first-order valence-corrected chi connectivity index (χ1v) is 8.67. The van der Waals surface area contributed by atoms with E-state index in [1.54, 1.807) is 11.3 Å². The van der Waals surface area contributed by atoms with E-state index in [-0.39, 0.29) is 5.91 Å². The van der Waals surface area contributed by atoms with Crippen molar-refractivity contribution in [1.82, 2.24) is 4.90 Å². The van der Waals surface area contributed by atoms with E-state index in [9.17, 15) is 4.79 Å². The number of amides is 1. The van der Waals surface area contributed by atoms with Crippen LogP contribution < -0.4 is 4.74 Å². The Morgan fingerprint density at radius 3 is 2.59 bits per heavy atom. The molecule has 116 valence electrons. The number of nitrogens with zero attached hydrogens (tertiary/aromatic N) is 1. The third-order valence-corrected chi connectivity index (χ3v) is 4.98. The number of ether oxygens (including phenoxy) is 1. The zero-order valence-corrected chi connectivity index (χ0v) is 13.4. The van der Waals surface area contributed by atoms with Crippen LogP contribution in [-0.2, 0) is 11.2 Å². The Morgan fingerprint density at radius 1 is 1.14 bits per heavy atom. The van der Waals surface area contributed by atoms with Gasteiger partial charge in [0.25, 0.3) is 0 Å². The highest BCUT2D eigenvalue weighted by atomic mass is 32.1. The minimum atomic E-state index is 0.255. The van der Waals surface area contributed by atoms with Gasteiger partial charge in [0, 0.05) is 18.0 Å². The second-order valence-corrected chi connectivity index (χ2v) is 6.74. The highest BCUT2D eigenvalue weighted by Crippen LogP contribution is 2.20. The van der Waals surface area contributed by atoms with Crippen LogP contribution in [0.25, 0.3) is 0 Å². The molecule has 2 heterocycles. The molecule has 2 aromatic rings. The molecular weight excluding hydrogens is 294 g/mol. The Morgan fingerprint density at radius 2 is 1.91 bits per heavy atom. The zero-order valence-electron chi connectivity index (χ0n) is 12.6. The summed E-state index contributed by atoms with van der Waals surface area (Å²) in [4.78, 5) is 15.4. The van der Waals surface area contributed by atoms with Gasteiger partial charge in [-0.3, -0.25) is 4.79 Å². The number of hydrogen-bond donors (Lipinski definition) is 0. The highest BCUT2D eigenvalue weighted by Gasteiger charge is 2.23. The van der Waals surface area contributed by atoms with Crippen LogP contribution in [0, 0.1) is 5.92 Å². The smallest absolute Gasteiger partial charge is 0.227 e. The van der Waals surface area contributed by atoms with Gasteiger partial charge in [-0.2, -0.15) is 0 Å². The summed E-state index contributed by atoms with van der Waals surface area (Å²) in [7, 11) is 0. The fourth-order valence-electron chi connectivity index (χ4n) is 2.75. The van der Waals surface area contributed by atoms with E-state index < -0.39 is 0 Å². The zero-order chi connectivity index (χ0) is 15.2. The van der Waals surface area contributed by atoms with Crippen molar-refractivity contribution in [3.63, 3.8) is 0 Å². The van der Waals surface area contributed by atoms with Gasteiger partial charge < -0.3 is 9.64 Å². The number of benzene rings is 1. The van der Waals surface area contributed by atoms with E-state index in [4.69, 9.17) is 4.74 Å². The van der Waals surface area contributed by atoms with Crippen LogP contribution in [0.5, 0.6) is 5.75 Å². The van der Waals surface area contributed by atoms with Crippen molar-refractivity contribution < 1.29 is 9.53 Å². The van der Waals surface area contributed by atoms with Gasteiger partial charge in [-0.05, 0) is 42.3 Å². The average molecular weight is 315 g/mol. The summed E-state index contributed by atoms with van der Waals surface area (Å²) in [6.45, 7) is 2.46. The van der Waals surface area contributed by atoms with Gasteiger partial charge >= 0.3 is 0 Å². The van der Waals surface area contributed by atoms with Crippen molar-refractivity contribution in [3.8, 4) is 5.75 Å². The Hall–Kier alpha value is -1.81. The third kappa shape index (κ3) is 4.10. The molecule has 0 N–H and O–H groups in total. The quantitative estimate of drug-likeness (QED) is 0.843. The van der Waals surface area contributed by atoms with Gasteiger partial charge in [0.05, 0.1) is 13.0 Å².